The fourth-order valence-corrected chi connectivity index (χ4v) is 7.11. The van der Waals surface area contributed by atoms with Gasteiger partial charge in [-0.05, 0) is 77.5 Å². The second kappa shape index (κ2) is 9.12. The third kappa shape index (κ3) is 3.72. The van der Waals surface area contributed by atoms with Crippen molar-refractivity contribution in [2.45, 2.75) is 72.6 Å². The number of hydrogen-bond acceptors (Lipinski definition) is 2. The van der Waals surface area contributed by atoms with Crippen molar-refractivity contribution in [2.75, 3.05) is 0 Å². The van der Waals surface area contributed by atoms with Crippen molar-refractivity contribution in [2.24, 2.45) is 11.8 Å². The van der Waals surface area contributed by atoms with Gasteiger partial charge < -0.3 is 4.42 Å². The summed E-state index contributed by atoms with van der Waals surface area (Å²) < 4.78 is 6.98. The summed E-state index contributed by atoms with van der Waals surface area (Å²) in [6, 6.07) is 22.6. The van der Waals surface area contributed by atoms with E-state index in [1.165, 1.54) is 44.2 Å². The molecule has 0 bridgehead atoms. The van der Waals surface area contributed by atoms with Gasteiger partial charge in [0.2, 0.25) is 0 Å². The van der Waals surface area contributed by atoms with E-state index in [-0.39, 0.29) is 5.41 Å². The van der Waals surface area contributed by atoms with Crippen LogP contribution in [0.15, 0.2) is 71.3 Å². The van der Waals surface area contributed by atoms with E-state index in [1.807, 2.05) is 6.20 Å². The molecule has 2 heteroatoms. The minimum Gasteiger partial charge on any atom is -0.455 e. The van der Waals surface area contributed by atoms with Gasteiger partial charge in [0.25, 0.3) is 0 Å². The molecule has 0 fully saturated rings. The van der Waals surface area contributed by atoms with Gasteiger partial charge in [0.05, 0.1) is 5.69 Å². The molecule has 0 radical (unpaired) electrons. The Kier molecular flexibility index (Phi) is 5.98. The number of hydrogen-bond donors (Lipinski definition) is 0. The fraction of sp³-hybridized carbons (Fsp3) is 0.361. The number of aromatic nitrogens is 1. The van der Waals surface area contributed by atoms with Crippen LogP contribution in [-0.2, 0) is 5.41 Å². The monoisotopic (exact) mass is 501 g/mol. The molecule has 2 heterocycles. The van der Waals surface area contributed by atoms with E-state index in [2.05, 4.69) is 109 Å². The Morgan fingerprint density at radius 2 is 1.39 bits per heavy atom. The lowest BCUT2D eigenvalue weighted by molar-refractivity contribution is 0.337. The first-order valence-electron chi connectivity index (χ1n) is 14.3. The van der Waals surface area contributed by atoms with Crippen molar-refractivity contribution in [1.82, 2.24) is 4.98 Å². The summed E-state index contributed by atoms with van der Waals surface area (Å²) in [5.41, 5.74) is 12.1. The van der Waals surface area contributed by atoms with Crippen molar-refractivity contribution in [3.63, 3.8) is 0 Å². The summed E-state index contributed by atoms with van der Waals surface area (Å²) in [7, 11) is 0. The van der Waals surface area contributed by atoms with Crippen molar-refractivity contribution in [3.8, 4) is 22.4 Å². The summed E-state index contributed by atoms with van der Waals surface area (Å²) in [5, 5.41) is 2.36. The number of fused-ring (bicyclic) bond motifs is 7. The molecule has 0 saturated heterocycles. The third-order valence-electron chi connectivity index (χ3n) is 8.47. The zero-order chi connectivity index (χ0) is 26.8. The molecule has 0 spiro atoms. The second-order valence-corrected chi connectivity index (χ2v) is 12.6. The van der Waals surface area contributed by atoms with Gasteiger partial charge in [-0.3, -0.25) is 4.98 Å². The zero-order valence-electron chi connectivity index (χ0n) is 23.9. The molecule has 0 unspecified atom stereocenters. The molecule has 2 nitrogen and oxygen atoms in total. The first kappa shape index (κ1) is 24.9. The molecular formula is C36H39NO. The summed E-state index contributed by atoms with van der Waals surface area (Å²) in [4.78, 5) is 4.81. The molecule has 0 N–H and O–H groups in total. The second-order valence-electron chi connectivity index (χ2n) is 12.6. The van der Waals surface area contributed by atoms with E-state index in [1.54, 1.807) is 0 Å². The maximum atomic E-state index is 6.98. The van der Waals surface area contributed by atoms with Crippen molar-refractivity contribution in [3.05, 3.63) is 89.1 Å². The van der Waals surface area contributed by atoms with E-state index in [0.717, 1.165) is 35.3 Å². The Bertz CT molecular complexity index is 1660. The summed E-state index contributed by atoms with van der Waals surface area (Å²) in [6.45, 7) is 16.1. The average Bonchev–Trinajstić information content (AvgIpc) is 3.37. The Morgan fingerprint density at radius 3 is 2.08 bits per heavy atom. The molecule has 194 valence electrons. The molecule has 0 amide bonds. The lowest BCUT2D eigenvalue weighted by Gasteiger charge is -2.35. The Balaban J connectivity index is 1.68. The molecular weight excluding hydrogens is 462 g/mol. The molecule has 3 aromatic carbocycles. The van der Waals surface area contributed by atoms with E-state index < -0.39 is 0 Å². The SMILES string of the molecule is Cc1ccc2c(oc3c4c(ccc32)C(CC(C)C)(CC(C)C)c2ccccc2-4)c1-c1cc(C(C)C)ccn1. The van der Waals surface area contributed by atoms with Crippen LogP contribution < -0.4 is 0 Å². The number of furan rings is 1. The van der Waals surface area contributed by atoms with Gasteiger partial charge in [-0.2, -0.15) is 0 Å². The first-order valence-corrected chi connectivity index (χ1v) is 14.3. The van der Waals surface area contributed by atoms with Gasteiger partial charge >= 0.3 is 0 Å². The molecule has 0 aliphatic heterocycles. The minimum absolute atomic E-state index is 0.00726. The topological polar surface area (TPSA) is 26.0 Å². The zero-order valence-corrected chi connectivity index (χ0v) is 23.9. The number of aryl methyl sites for hydroxylation is 1. The van der Waals surface area contributed by atoms with Crippen molar-refractivity contribution < 1.29 is 4.42 Å². The molecule has 0 atom stereocenters. The standard InChI is InChI=1S/C36H39NO/c1-21(2)19-36(20-22(3)4)29-11-9-8-10-28(29)33-30(36)15-14-27-26-13-12-24(7)32(34(26)38-35(27)33)31-18-25(23(5)6)16-17-37-31/h8-18,21-23H,19-20H2,1-7H3. The van der Waals surface area contributed by atoms with E-state index in [4.69, 9.17) is 9.40 Å². The number of benzene rings is 3. The lowest BCUT2D eigenvalue weighted by Crippen LogP contribution is -2.29. The first-order chi connectivity index (χ1) is 18.2. The highest BCUT2D eigenvalue weighted by atomic mass is 16.3. The van der Waals surface area contributed by atoms with Crippen LogP contribution in [0.2, 0.25) is 0 Å². The largest absolute Gasteiger partial charge is 0.455 e. The molecule has 1 aliphatic carbocycles. The highest BCUT2D eigenvalue weighted by Gasteiger charge is 2.45. The van der Waals surface area contributed by atoms with Gasteiger partial charge in [-0.1, -0.05) is 90.1 Å². The number of rotatable bonds is 6. The average molecular weight is 502 g/mol. The quantitative estimate of drug-likeness (QED) is 0.231. The van der Waals surface area contributed by atoms with Crippen LogP contribution in [0.25, 0.3) is 44.3 Å². The normalized spacial score (nSPS) is 14.3. The minimum atomic E-state index is 0.00726. The smallest absolute Gasteiger partial charge is 0.145 e. The van der Waals surface area contributed by atoms with Crippen LogP contribution in [-0.4, -0.2) is 4.98 Å². The van der Waals surface area contributed by atoms with Crippen LogP contribution in [0.4, 0.5) is 0 Å². The maximum absolute atomic E-state index is 6.98. The van der Waals surface area contributed by atoms with Gasteiger partial charge in [-0.25, -0.2) is 0 Å². The molecule has 0 saturated carbocycles. The van der Waals surface area contributed by atoms with Crippen LogP contribution in [0.1, 0.15) is 82.6 Å². The maximum Gasteiger partial charge on any atom is 0.145 e. The highest BCUT2D eigenvalue weighted by Crippen LogP contribution is 2.57. The molecule has 1 aliphatic rings. The third-order valence-corrected chi connectivity index (χ3v) is 8.47. The van der Waals surface area contributed by atoms with Crippen LogP contribution >= 0.6 is 0 Å². The lowest BCUT2D eigenvalue weighted by atomic mass is 9.68. The highest BCUT2D eigenvalue weighted by molar-refractivity contribution is 6.14. The number of nitrogens with zero attached hydrogens (tertiary/aromatic N) is 1. The summed E-state index contributed by atoms with van der Waals surface area (Å²) in [5.74, 6) is 1.63. The fourth-order valence-electron chi connectivity index (χ4n) is 7.11. The van der Waals surface area contributed by atoms with E-state index >= 15 is 0 Å². The van der Waals surface area contributed by atoms with Gasteiger partial charge in [-0.15, -0.1) is 0 Å². The van der Waals surface area contributed by atoms with E-state index in [0.29, 0.717) is 17.8 Å². The molecule has 5 aromatic rings. The van der Waals surface area contributed by atoms with Crippen LogP contribution in [0.5, 0.6) is 0 Å². The predicted molar refractivity (Wildman–Crippen MR) is 161 cm³/mol. The molecule has 2 aromatic heterocycles. The van der Waals surface area contributed by atoms with Gasteiger partial charge in [0, 0.05) is 33.5 Å². The number of pyridine rings is 1. The van der Waals surface area contributed by atoms with Crippen molar-refractivity contribution >= 4 is 21.9 Å². The summed E-state index contributed by atoms with van der Waals surface area (Å²) >= 11 is 0. The van der Waals surface area contributed by atoms with Crippen LogP contribution in [0, 0.1) is 18.8 Å². The Morgan fingerprint density at radius 1 is 0.737 bits per heavy atom. The Hall–Kier alpha value is -3.39. The summed E-state index contributed by atoms with van der Waals surface area (Å²) in [6.07, 6.45) is 4.21. The predicted octanol–water partition coefficient (Wildman–Crippen LogP) is 10.4. The van der Waals surface area contributed by atoms with Gasteiger partial charge in [0.1, 0.15) is 11.2 Å². The van der Waals surface area contributed by atoms with E-state index in [9.17, 15) is 0 Å². The van der Waals surface area contributed by atoms with Crippen LogP contribution in [0.3, 0.4) is 0 Å². The van der Waals surface area contributed by atoms with Crippen molar-refractivity contribution in [1.29, 1.82) is 0 Å². The molecule has 6 rings (SSSR count). The van der Waals surface area contributed by atoms with Gasteiger partial charge in [0.15, 0.2) is 0 Å². The Labute approximate surface area is 227 Å². The molecule has 38 heavy (non-hydrogen) atoms.